The molecule has 3 aromatic heterocycles. The Morgan fingerprint density at radius 3 is 2.75 bits per heavy atom. The molecule has 28 heavy (non-hydrogen) atoms. The average Bonchev–Trinajstić information content (AvgIpc) is 3.38. The summed E-state index contributed by atoms with van der Waals surface area (Å²) in [5.74, 6) is 0.962. The molecule has 1 saturated heterocycles. The van der Waals surface area contributed by atoms with Gasteiger partial charge in [-0.25, -0.2) is 19.0 Å². The van der Waals surface area contributed by atoms with Crippen LogP contribution < -0.4 is 9.80 Å². The van der Waals surface area contributed by atoms with E-state index < -0.39 is 6.17 Å². The number of amides is 1. The number of carbonyl (C=O) groups is 1. The van der Waals surface area contributed by atoms with E-state index in [1.54, 1.807) is 17.1 Å². The van der Waals surface area contributed by atoms with Crippen molar-refractivity contribution in [2.45, 2.75) is 19.1 Å². The van der Waals surface area contributed by atoms with Gasteiger partial charge in [-0.2, -0.15) is 5.10 Å². The van der Waals surface area contributed by atoms with Crippen LogP contribution in [0.15, 0.2) is 42.9 Å². The molecule has 9 heteroatoms. The van der Waals surface area contributed by atoms with Crippen molar-refractivity contribution >= 4 is 17.5 Å². The summed E-state index contributed by atoms with van der Waals surface area (Å²) >= 11 is 0. The molecule has 0 radical (unpaired) electrons. The fourth-order valence-electron chi connectivity index (χ4n) is 3.57. The number of anilines is 2. The zero-order valence-electron chi connectivity index (χ0n) is 14.9. The number of hydrogen-bond acceptors (Lipinski definition) is 6. The highest BCUT2D eigenvalue weighted by atomic mass is 19.1. The Labute approximate surface area is 159 Å². The van der Waals surface area contributed by atoms with Crippen molar-refractivity contribution in [2.75, 3.05) is 22.9 Å². The normalized spacial score (nSPS) is 18.8. The number of pyridine rings is 2. The Kier molecular flexibility index (Phi) is 3.75. The first-order valence-corrected chi connectivity index (χ1v) is 8.99. The second kappa shape index (κ2) is 6.29. The van der Waals surface area contributed by atoms with E-state index in [-0.39, 0.29) is 18.2 Å². The number of halogens is 1. The third kappa shape index (κ3) is 2.75. The lowest BCUT2D eigenvalue weighted by atomic mass is 10.3. The van der Waals surface area contributed by atoms with E-state index >= 15 is 0 Å². The summed E-state index contributed by atoms with van der Waals surface area (Å²) in [5, 5.41) is 14.1. The predicted octanol–water partition coefficient (Wildman–Crippen LogP) is 2.08. The van der Waals surface area contributed by atoms with Crippen LogP contribution in [0, 0.1) is 0 Å². The van der Waals surface area contributed by atoms with Crippen LogP contribution in [0.4, 0.5) is 16.0 Å². The molecule has 0 aliphatic carbocycles. The molecule has 0 saturated carbocycles. The lowest BCUT2D eigenvalue weighted by Gasteiger charge is -2.16. The Morgan fingerprint density at radius 1 is 1.18 bits per heavy atom. The second-order valence-electron chi connectivity index (χ2n) is 6.90. The fraction of sp³-hybridized carbons (Fsp3) is 0.263. The number of alkyl halides is 1. The van der Waals surface area contributed by atoms with Crippen molar-refractivity contribution in [2.24, 2.45) is 0 Å². The number of nitrogens with zero attached hydrogens (tertiary/aromatic N) is 6. The molecule has 2 aliphatic heterocycles. The van der Waals surface area contributed by atoms with Gasteiger partial charge in [-0.3, -0.25) is 9.69 Å². The molecule has 5 rings (SSSR count). The van der Waals surface area contributed by atoms with Gasteiger partial charge in [-0.1, -0.05) is 0 Å². The number of hydrogen-bond donors (Lipinski definition) is 1. The Balaban J connectivity index is 1.37. The maximum atomic E-state index is 13.4. The van der Waals surface area contributed by atoms with E-state index in [4.69, 9.17) is 0 Å². The first kappa shape index (κ1) is 16.7. The van der Waals surface area contributed by atoms with Gasteiger partial charge in [0.1, 0.15) is 23.6 Å². The molecule has 2 aliphatic rings. The predicted molar refractivity (Wildman–Crippen MR) is 99.5 cm³/mol. The van der Waals surface area contributed by atoms with Crippen LogP contribution in [0.5, 0.6) is 5.75 Å². The third-order valence-electron chi connectivity index (χ3n) is 5.03. The third-order valence-corrected chi connectivity index (χ3v) is 5.03. The molecule has 1 N–H and O–H groups in total. The molecule has 8 nitrogen and oxygen atoms in total. The zero-order chi connectivity index (χ0) is 19.3. The molecule has 0 aromatic carbocycles. The maximum Gasteiger partial charge on any atom is 0.263 e. The zero-order valence-corrected chi connectivity index (χ0v) is 14.9. The van der Waals surface area contributed by atoms with E-state index in [2.05, 4.69) is 15.1 Å². The SMILES string of the molecule is O=C1c2cn(-c3ccc(N4CC[C@H](F)C4)nc3)nc2CN1c1cc(O)ccn1. The molecule has 1 amide bonds. The Bertz CT molecular complexity index is 1050. The largest absolute Gasteiger partial charge is 0.508 e. The monoisotopic (exact) mass is 380 g/mol. The van der Waals surface area contributed by atoms with E-state index in [0.29, 0.717) is 36.6 Å². The van der Waals surface area contributed by atoms with Crippen LogP contribution >= 0.6 is 0 Å². The van der Waals surface area contributed by atoms with E-state index in [9.17, 15) is 14.3 Å². The molecule has 0 unspecified atom stereocenters. The standard InChI is InChI=1S/C19H17FN6O2/c20-12-4-6-24(9-12)17-2-1-13(8-22-17)26-10-15-16(23-26)11-25(19(15)28)18-7-14(27)3-5-21-18/h1-3,5,7-8,10,12H,4,6,9,11H2,(H,21,27)/t12-/m0/s1. The molecule has 3 aromatic rings. The van der Waals surface area contributed by atoms with Gasteiger partial charge in [-0.05, 0) is 24.6 Å². The van der Waals surface area contributed by atoms with Gasteiger partial charge in [0, 0.05) is 25.0 Å². The summed E-state index contributed by atoms with van der Waals surface area (Å²) in [5.41, 5.74) is 1.86. The van der Waals surface area contributed by atoms with Crippen LogP contribution in [-0.4, -0.2) is 50.0 Å². The molecule has 0 bridgehead atoms. The van der Waals surface area contributed by atoms with Gasteiger partial charge in [0.2, 0.25) is 0 Å². The fourth-order valence-corrected chi connectivity index (χ4v) is 3.57. The number of fused-ring (bicyclic) bond motifs is 1. The number of aromatic nitrogens is 4. The van der Waals surface area contributed by atoms with Crippen molar-refractivity contribution in [3.8, 4) is 11.4 Å². The summed E-state index contributed by atoms with van der Waals surface area (Å²) in [6.07, 6.45) is 4.52. The summed E-state index contributed by atoms with van der Waals surface area (Å²) in [4.78, 5) is 24.6. The number of carbonyl (C=O) groups excluding carboxylic acids is 1. The van der Waals surface area contributed by atoms with Crippen molar-refractivity contribution in [3.05, 3.63) is 54.1 Å². The van der Waals surface area contributed by atoms with E-state index in [1.165, 1.54) is 23.2 Å². The van der Waals surface area contributed by atoms with Crippen molar-refractivity contribution in [3.63, 3.8) is 0 Å². The minimum atomic E-state index is -0.800. The van der Waals surface area contributed by atoms with Gasteiger partial charge in [0.05, 0.1) is 36.2 Å². The van der Waals surface area contributed by atoms with Crippen LogP contribution in [-0.2, 0) is 6.54 Å². The van der Waals surface area contributed by atoms with Crippen LogP contribution in [0.3, 0.4) is 0 Å². The topological polar surface area (TPSA) is 87.4 Å². The van der Waals surface area contributed by atoms with Gasteiger partial charge >= 0.3 is 0 Å². The van der Waals surface area contributed by atoms with Gasteiger partial charge in [-0.15, -0.1) is 0 Å². The van der Waals surface area contributed by atoms with Gasteiger partial charge < -0.3 is 10.0 Å². The van der Waals surface area contributed by atoms with E-state index in [1.807, 2.05) is 17.0 Å². The summed E-state index contributed by atoms with van der Waals surface area (Å²) in [7, 11) is 0. The quantitative estimate of drug-likeness (QED) is 0.749. The minimum Gasteiger partial charge on any atom is -0.508 e. The van der Waals surface area contributed by atoms with Crippen LogP contribution in [0.1, 0.15) is 22.5 Å². The molecular weight excluding hydrogens is 363 g/mol. The summed E-state index contributed by atoms with van der Waals surface area (Å²) in [6, 6.07) is 6.59. The van der Waals surface area contributed by atoms with Crippen molar-refractivity contribution < 1.29 is 14.3 Å². The average molecular weight is 380 g/mol. The molecule has 142 valence electrons. The number of aromatic hydroxyl groups is 1. The Morgan fingerprint density at radius 2 is 2.07 bits per heavy atom. The van der Waals surface area contributed by atoms with E-state index in [0.717, 1.165) is 11.5 Å². The molecular formula is C19H17FN6O2. The minimum absolute atomic E-state index is 0.0515. The Hall–Kier alpha value is -3.49. The molecule has 1 fully saturated rings. The summed E-state index contributed by atoms with van der Waals surface area (Å²) in [6.45, 7) is 1.32. The van der Waals surface area contributed by atoms with Crippen LogP contribution in [0.25, 0.3) is 5.69 Å². The number of rotatable bonds is 3. The lowest BCUT2D eigenvalue weighted by Crippen LogP contribution is -2.24. The second-order valence-corrected chi connectivity index (χ2v) is 6.90. The first-order valence-electron chi connectivity index (χ1n) is 8.99. The molecule has 5 heterocycles. The van der Waals surface area contributed by atoms with Crippen molar-refractivity contribution in [1.29, 1.82) is 0 Å². The maximum absolute atomic E-state index is 13.4. The highest BCUT2D eigenvalue weighted by molar-refractivity contribution is 6.09. The van der Waals surface area contributed by atoms with Gasteiger partial charge in [0.15, 0.2) is 0 Å². The molecule has 0 spiro atoms. The smallest absolute Gasteiger partial charge is 0.263 e. The van der Waals surface area contributed by atoms with Crippen molar-refractivity contribution in [1.82, 2.24) is 19.7 Å². The molecule has 1 atom stereocenters. The van der Waals surface area contributed by atoms with Gasteiger partial charge in [0.25, 0.3) is 5.91 Å². The lowest BCUT2D eigenvalue weighted by molar-refractivity contribution is 0.0995. The highest BCUT2D eigenvalue weighted by Crippen LogP contribution is 2.29. The first-order chi connectivity index (χ1) is 13.6. The highest BCUT2D eigenvalue weighted by Gasteiger charge is 2.33. The summed E-state index contributed by atoms with van der Waals surface area (Å²) < 4.78 is 15.0. The van der Waals surface area contributed by atoms with Crippen LogP contribution in [0.2, 0.25) is 0 Å².